The molecular weight excluding hydrogens is 342 g/mol. The van der Waals surface area contributed by atoms with Crippen LogP contribution in [0.15, 0.2) is 24.5 Å². The maximum absolute atomic E-state index is 11.7. The molecule has 8 heteroatoms. The second-order valence-corrected chi connectivity index (χ2v) is 6.57. The molecule has 0 spiro atoms. The molecule has 1 aromatic heterocycles. The lowest BCUT2D eigenvalue weighted by Crippen LogP contribution is -2.26. The van der Waals surface area contributed by atoms with Crippen molar-refractivity contribution in [1.29, 1.82) is 0 Å². The fourth-order valence-corrected chi connectivity index (χ4v) is 3.26. The Kier molecular flexibility index (Phi) is 5.33. The van der Waals surface area contributed by atoms with Crippen LogP contribution in [0.25, 0.3) is 0 Å². The molecule has 0 bridgehead atoms. The van der Waals surface area contributed by atoms with Gasteiger partial charge in [-0.05, 0) is 43.5 Å². The normalized spacial score (nSPS) is 14.9. The van der Waals surface area contributed by atoms with Crippen molar-refractivity contribution in [3.8, 4) is 0 Å². The molecule has 2 heterocycles. The van der Waals surface area contributed by atoms with Gasteiger partial charge in [0.15, 0.2) is 0 Å². The van der Waals surface area contributed by atoms with E-state index in [1.807, 2.05) is 11.8 Å². The van der Waals surface area contributed by atoms with Crippen molar-refractivity contribution in [3.05, 3.63) is 45.2 Å². The third-order valence-electron chi connectivity index (χ3n) is 4.33. The van der Waals surface area contributed by atoms with Gasteiger partial charge in [-0.2, -0.15) is 0 Å². The summed E-state index contributed by atoms with van der Waals surface area (Å²) in [5.41, 5.74) is 1.53. The molecule has 25 heavy (non-hydrogen) atoms. The van der Waals surface area contributed by atoms with Crippen molar-refractivity contribution in [3.63, 3.8) is 0 Å². The number of anilines is 3. The van der Waals surface area contributed by atoms with E-state index in [1.165, 1.54) is 6.33 Å². The first-order valence-electron chi connectivity index (χ1n) is 8.34. The Morgan fingerprint density at radius 2 is 1.92 bits per heavy atom. The Labute approximate surface area is 151 Å². The highest BCUT2D eigenvalue weighted by molar-refractivity contribution is 6.30. The van der Waals surface area contributed by atoms with Crippen molar-refractivity contribution in [2.24, 2.45) is 0 Å². The van der Waals surface area contributed by atoms with Crippen LogP contribution in [0.2, 0.25) is 5.02 Å². The molecular formula is C17H20ClN5O2. The van der Waals surface area contributed by atoms with Crippen LogP contribution in [-0.2, 0) is 0 Å². The smallest absolute Gasteiger partial charge is 0.351 e. The lowest BCUT2D eigenvalue weighted by molar-refractivity contribution is -0.383. The molecule has 3 rings (SSSR count). The lowest BCUT2D eigenvalue weighted by Gasteiger charge is -2.21. The van der Waals surface area contributed by atoms with Gasteiger partial charge in [-0.1, -0.05) is 24.4 Å². The fourth-order valence-electron chi connectivity index (χ4n) is 3.04. The SMILES string of the molecule is Cc1cc(Cl)ccc1Nc1ncnc(N2CCCCCC2)c1[N+](=O)[O-]. The molecule has 1 aliphatic rings. The molecule has 1 aliphatic heterocycles. The first-order chi connectivity index (χ1) is 12.1. The molecule has 0 saturated carbocycles. The van der Waals surface area contributed by atoms with E-state index in [4.69, 9.17) is 11.6 Å². The maximum Gasteiger partial charge on any atom is 0.353 e. The highest BCUT2D eigenvalue weighted by Gasteiger charge is 2.27. The molecule has 132 valence electrons. The maximum atomic E-state index is 11.7. The van der Waals surface area contributed by atoms with Crippen LogP contribution in [0, 0.1) is 17.0 Å². The van der Waals surface area contributed by atoms with E-state index < -0.39 is 4.92 Å². The lowest BCUT2D eigenvalue weighted by atomic mass is 10.2. The minimum atomic E-state index is -0.409. The van der Waals surface area contributed by atoms with Crippen LogP contribution < -0.4 is 10.2 Å². The first kappa shape index (κ1) is 17.4. The van der Waals surface area contributed by atoms with Crippen LogP contribution in [0.5, 0.6) is 0 Å². The van der Waals surface area contributed by atoms with Gasteiger partial charge in [-0.25, -0.2) is 9.97 Å². The number of aromatic nitrogens is 2. The molecule has 0 amide bonds. The molecule has 0 aliphatic carbocycles. The molecule has 1 aromatic carbocycles. The molecule has 0 atom stereocenters. The quantitative estimate of drug-likeness (QED) is 0.638. The van der Waals surface area contributed by atoms with Gasteiger partial charge in [0.1, 0.15) is 6.33 Å². The predicted molar refractivity (Wildman–Crippen MR) is 98.8 cm³/mol. The Bertz CT molecular complexity index is 776. The van der Waals surface area contributed by atoms with Crippen LogP contribution in [0.1, 0.15) is 31.2 Å². The summed E-state index contributed by atoms with van der Waals surface area (Å²) in [6.45, 7) is 3.44. The molecule has 0 unspecified atom stereocenters. The summed E-state index contributed by atoms with van der Waals surface area (Å²) in [6, 6.07) is 5.32. The Morgan fingerprint density at radius 3 is 2.56 bits per heavy atom. The standard InChI is InChI=1S/C17H20ClN5O2/c1-12-10-13(18)6-7-14(12)21-16-15(23(24)25)17(20-11-19-16)22-8-4-2-3-5-9-22/h6-7,10-11H,2-5,8-9H2,1H3,(H,19,20,21). The number of nitrogens with one attached hydrogen (secondary N) is 1. The molecule has 0 radical (unpaired) electrons. The van der Waals surface area contributed by atoms with E-state index in [-0.39, 0.29) is 11.5 Å². The third kappa shape index (κ3) is 3.99. The Balaban J connectivity index is 1.98. The second kappa shape index (κ2) is 7.65. The van der Waals surface area contributed by atoms with Crippen molar-refractivity contribution in [2.45, 2.75) is 32.6 Å². The number of halogens is 1. The number of nitrogens with zero attached hydrogens (tertiary/aromatic N) is 4. The van der Waals surface area contributed by atoms with E-state index in [0.29, 0.717) is 10.8 Å². The number of aryl methyl sites for hydroxylation is 1. The second-order valence-electron chi connectivity index (χ2n) is 6.14. The molecule has 1 fully saturated rings. The van der Waals surface area contributed by atoms with Crippen molar-refractivity contribution < 1.29 is 4.92 Å². The van der Waals surface area contributed by atoms with Gasteiger partial charge in [-0.15, -0.1) is 0 Å². The summed E-state index contributed by atoms with van der Waals surface area (Å²) in [4.78, 5) is 21.7. The third-order valence-corrected chi connectivity index (χ3v) is 4.57. The van der Waals surface area contributed by atoms with Gasteiger partial charge in [0.2, 0.25) is 11.6 Å². The number of rotatable bonds is 4. The van der Waals surface area contributed by atoms with Gasteiger partial charge in [-0.3, -0.25) is 10.1 Å². The molecule has 2 aromatic rings. The Morgan fingerprint density at radius 1 is 1.20 bits per heavy atom. The summed E-state index contributed by atoms with van der Waals surface area (Å²) in [5, 5.41) is 15.4. The van der Waals surface area contributed by atoms with Crippen molar-refractivity contribution in [1.82, 2.24) is 9.97 Å². The van der Waals surface area contributed by atoms with E-state index in [9.17, 15) is 10.1 Å². The minimum absolute atomic E-state index is 0.0845. The van der Waals surface area contributed by atoms with E-state index in [2.05, 4.69) is 15.3 Å². The molecule has 1 saturated heterocycles. The van der Waals surface area contributed by atoms with Crippen molar-refractivity contribution >= 4 is 34.6 Å². The highest BCUT2D eigenvalue weighted by atomic mass is 35.5. The van der Waals surface area contributed by atoms with Crippen LogP contribution in [-0.4, -0.2) is 28.0 Å². The monoisotopic (exact) mass is 361 g/mol. The molecule has 1 N–H and O–H groups in total. The van der Waals surface area contributed by atoms with E-state index >= 15 is 0 Å². The average molecular weight is 362 g/mol. The zero-order valence-electron chi connectivity index (χ0n) is 14.0. The van der Waals surface area contributed by atoms with Gasteiger partial charge >= 0.3 is 5.69 Å². The number of hydrogen-bond acceptors (Lipinski definition) is 6. The van der Waals surface area contributed by atoms with Gasteiger partial charge in [0.25, 0.3) is 0 Å². The zero-order chi connectivity index (χ0) is 17.8. The predicted octanol–water partition coefficient (Wildman–Crippen LogP) is 4.47. The number of benzene rings is 1. The van der Waals surface area contributed by atoms with Crippen LogP contribution >= 0.6 is 11.6 Å². The fraction of sp³-hybridized carbons (Fsp3) is 0.412. The molecule has 7 nitrogen and oxygen atoms in total. The van der Waals surface area contributed by atoms with Gasteiger partial charge in [0, 0.05) is 23.8 Å². The van der Waals surface area contributed by atoms with E-state index in [0.717, 1.165) is 50.0 Å². The number of nitro groups is 1. The van der Waals surface area contributed by atoms with Crippen LogP contribution in [0.3, 0.4) is 0 Å². The number of hydrogen-bond donors (Lipinski definition) is 1. The Hall–Kier alpha value is -2.41. The summed E-state index contributed by atoms with van der Waals surface area (Å²) < 4.78 is 0. The summed E-state index contributed by atoms with van der Waals surface area (Å²) in [6.07, 6.45) is 5.69. The average Bonchev–Trinajstić information content (AvgIpc) is 2.86. The first-order valence-corrected chi connectivity index (χ1v) is 8.71. The minimum Gasteiger partial charge on any atom is -0.351 e. The summed E-state index contributed by atoms with van der Waals surface area (Å²) in [7, 11) is 0. The summed E-state index contributed by atoms with van der Waals surface area (Å²) >= 11 is 5.98. The largest absolute Gasteiger partial charge is 0.353 e. The van der Waals surface area contributed by atoms with E-state index in [1.54, 1.807) is 18.2 Å². The summed E-state index contributed by atoms with van der Waals surface area (Å²) in [5.74, 6) is 0.584. The van der Waals surface area contributed by atoms with Crippen LogP contribution in [0.4, 0.5) is 23.0 Å². The zero-order valence-corrected chi connectivity index (χ0v) is 14.8. The van der Waals surface area contributed by atoms with Crippen molar-refractivity contribution in [2.75, 3.05) is 23.3 Å². The highest BCUT2D eigenvalue weighted by Crippen LogP contribution is 2.35. The van der Waals surface area contributed by atoms with Gasteiger partial charge < -0.3 is 10.2 Å². The van der Waals surface area contributed by atoms with Gasteiger partial charge in [0.05, 0.1) is 4.92 Å². The topological polar surface area (TPSA) is 84.2 Å².